The minimum Gasteiger partial charge on any atom is -0.361 e. The van der Waals surface area contributed by atoms with Crippen LogP contribution >= 0.6 is 0 Å². The maximum atomic E-state index is 13.5. The molecule has 8 heteroatoms. The number of hydrogen-bond acceptors (Lipinski definition) is 4. The maximum Gasteiger partial charge on any atom is 0.328 e. The van der Waals surface area contributed by atoms with E-state index in [0.29, 0.717) is 33.7 Å². The molecule has 25 heavy (non-hydrogen) atoms. The molecule has 4 rings (SSSR count). The Morgan fingerprint density at radius 1 is 1.12 bits per heavy atom. The van der Waals surface area contributed by atoms with E-state index in [1.807, 2.05) is 0 Å². The van der Waals surface area contributed by atoms with Gasteiger partial charge in [0.1, 0.15) is 23.1 Å². The van der Waals surface area contributed by atoms with E-state index < -0.39 is 11.6 Å². The maximum absolute atomic E-state index is 13.5. The van der Waals surface area contributed by atoms with Crippen molar-refractivity contribution in [1.29, 1.82) is 0 Å². The Labute approximate surface area is 139 Å². The van der Waals surface area contributed by atoms with E-state index in [9.17, 15) is 13.6 Å². The Morgan fingerprint density at radius 3 is 2.56 bits per heavy atom. The lowest BCUT2D eigenvalue weighted by molar-refractivity contribution is 0.389. The number of fused-ring (bicyclic) bond motifs is 1. The number of pyridine rings is 1. The number of nitrogens with zero attached hydrogens (tertiary/aromatic N) is 3. The van der Waals surface area contributed by atoms with Gasteiger partial charge in [-0.25, -0.2) is 18.6 Å². The lowest BCUT2D eigenvalue weighted by atomic mass is 10.1. The molecule has 0 spiro atoms. The molecule has 0 unspecified atom stereocenters. The quantitative estimate of drug-likeness (QED) is 0.621. The molecular weight excluding hydrogens is 330 g/mol. The summed E-state index contributed by atoms with van der Waals surface area (Å²) in [5.74, 6) is -0.726. The first-order chi connectivity index (χ1) is 12.0. The van der Waals surface area contributed by atoms with Crippen LogP contribution in [0.5, 0.6) is 0 Å². The van der Waals surface area contributed by atoms with Crippen LogP contribution in [0, 0.1) is 18.6 Å². The number of hydrogen-bond donors (Lipinski definition) is 1. The summed E-state index contributed by atoms with van der Waals surface area (Å²) in [6.07, 6.45) is 1.46. The molecule has 0 amide bonds. The van der Waals surface area contributed by atoms with Crippen molar-refractivity contribution < 1.29 is 13.3 Å². The van der Waals surface area contributed by atoms with Gasteiger partial charge in [-0.2, -0.15) is 0 Å². The zero-order valence-electron chi connectivity index (χ0n) is 13.1. The van der Waals surface area contributed by atoms with Crippen molar-refractivity contribution in [3.63, 3.8) is 0 Å². The Balaban J connectivity index is 1.84. The van der Waals surface area contributed by atoms with Crippen molar-refractivity contribution in [1.82, 2.24) is 19.7 Å². The second-order valence-corrected chi connectivity index (χ2v) is 5.70. The topological polar surface area (TPSA) is 76.7 Å². The van der Waals surface area contributed by atoms with Gasteiger partial charge >= 0.3 is 5.69 Å². The summed E-state index contributed by atoms with van der Waals surface area (Å²) in [5.41, 5.74) is 1.95. The molecule has 6 nitrogen and oxygen atoms in total. The molecule has 3 aromatic heterocycles. The Morgan fingerprint density at radius 2 is 1.88 bits per heavy atom. The average molecular weight is 342 g/mol. The summed E-state index contributed by atoms with van der Waals surface area (Å²) in [7, 11) is 0. The molecule has 126 valence electrons. The minimum atomic E-state index is -0.681. The number of rotatable bonds is 3. The van der Waals surface area contributed by atoms with Crippen LogP contribution in [-0.4, -0.2) is 19.7 Å². The van der Waals surface area contributed by atoms with Gasteiger partial charge in [-0.3, -0.25) is 9.55 Å². The molecule has 1 aromatic carbocycles. The highest BCUT2D eigenvalue weighted by atomic mass is 19.1. The van der Waals surface area contributed by atoms with E-state index in [-0.39, 0.29) is 12.2 Å². The van der Waals surface area contributed by atoms with E-state index in [0.717, 1.165) is 6.07 Å². The van der Waals surface area contributed by atoms with E-state index in [1.165, 1.54) is 22.9 Å². The fourth-order valence-corrected chi connectivity index (χ4v) is 2.72. The van der Waals surface area contributed by atoms with Crippen molar-refractivity contribution in [3.05, 3.63) is 70.1 Å². The van der Waals surface area contributed by atoms with Crippen LogP contribution in [0.1, 0.15) is 11.5 Å². The van der Waals surface area contributed by atoms with Crippen molar-refractivity contribution >= 4 is 11.2 Å². The van der Waals surface area contributed by atoms with Gasteiger partial charge in [-0.05, 0) is 30.7 Å². The molecule has 4 aromatic rings. The number of aryl methyl sites for hydroxylation is 1. The molecular formula is C17H12F2N4O2. The van der Waals surface area contributed by atoms with Crippen LogP contribution in [0.4, 0.5) is 8.78 Å². The standard InChI is InChI=1S/C17H12F2N4O2/c1-9-2-14(22-25-9)8-23-15-5-11(7-20-16(15)21-17(23)24)10-3-12(18)6-13(19)4-10/h2-7H,8H2,1H3,(H,20,21,24). The SMILES string of the molecule is Cc1cc(Cn2c(=O)[nH]c3ncc(-c4cc(F)cc(F)c4)cc32)no1. The third-order valence-corrected chi connectivity index (χ3v) is 3.82. The summed E-state index contributed by atoms with van der Waals surface area (Å²) in [6.45, 7) is 1.95. The van der Waals surface area contributed by atoms with Crippen LogP contribution in [0.25, 0.3) is 22.3 Å². The Bertz CT molecular complexity index is 1120. The van der Waals surface area contributed by atoms with Crippen LogP contribution in [0.3, 0.4) is 0 Å². The van der Waals surface area contributed by atoms with Crippen molar-refractivity contribution in [3.8, 4) is 11.1 Å². The van der Waals surface area contributed by atoms with Crippen LogP contribution in [0.15, 0.2) is 45.8 Å². The van der Waals surface area contributed by atoms with Gasteiger partial charge in [0.25, 0.3) is 0 Å². The predicted octanol–water partition coefficient (Wildman–Crippen LogP) is 3.01. The van der Waals surface area contributed by atoms with E-state index >= 15 is 0 Å². The summed E-state index contributed by atoms with van der Waals surface area (Å²) < 4.78 is 33.4. The van der Waals surface area contributed by atoms with Crippen molar-refractivity contribution in [2.75, 3.05) is 0 Å². The van der Waals surface area contributed by atoms with Gasteiger partial charge in [-0.15, -0.1) is 0 Å². The zero-order chi connectivity index (χ0) is 17.6. The highest BCUT2D eigenvalue weighted by Crippen LogP contribution is 2.24. The van der Waals surface area contributed by atoms with Crippen molar-refractivity contribution in [2.24, 2.45) is 0 Å². The number of H-pyrrole nitrogens is 1. The van der Waals surface area contributed by atoms with Gasteiger partial charge in [-0.1, -0.05) is 5.16 Å². The zero-order valence-corrected chi connectivity index (χ0v) is 13.1. The Hall–Kier alpha value is -3.29. The summed E-state index contributed by atoms with van der Waals surface area (Å²) in [6, 6.07) is 6.60. The number of halogens is 2. The first kappa shape index (κ1) is 15.3. The van der Waals surface area contributed by atoms with E-state index in [2.05, 4.69) is 15.1 Å². The summed E-state index contributed by atoms with van der Waals surface area (Å²) >= 11 is 0. The molecule has 0 fully saturated rings. The monoisotopic (exact) mass is 342 g/mol. The average Bonchev–Trinajstić information content (AvgIpc) is 3.10. The summed E-state index contributed by atoms with van der Waals surface area (Å²) in [4.78, 5) is 19.0. The normalized spacial score (nSPS) is 11.3. The van der Waals surface area contributed by atoms with Crippen LogP contribution in [-0.2, 0) is 6.54 Å². The molecule has 0 aliphatic heterocycles. The van der Waals surface area contributed by atoms with Gasteiger partial charge < -0.3 is 4.52 Å². The van der Waals surface area contributed by atoms with E-state index in [1.54, 1.807) is 19.1 Å². The second-order valence-electron chi connectivity index (χ2n) is 5.70. The molecule has 0 saturated carbocycles. The molecule has 0 saturated heterocycles. The van der Waals surface area contributed by atoms with Gasteiger partial charge in [0, 0.05) is 23.9 Å². The smallest absolute Gasteiger partial charge is 0.328 e. The lowest BCUT2D eigenvalue weighted by Crippen LogP contribution is -2.17. The summed E-state index contributed by atoms with van der Waals surface area (Å²) in [5, 5.41) is 3.87. The largest absolute Gasteiger partial charge is 0.361 e. The number of imidazole rings is 1. The molecule has 0 aliphatic rings. The fraction of sp³-hybridized carbons (Fsp3) is 0.118. The molecule has 0 atom stereocenters. The van der Waals surface area contributed by atoms with Gasteiger partial charge in [0.15, 0.2) is 5.65 Å². The lowest BCUT2D eigenvalue weighted by Gasteiger charge is -2.04. The third kappa shape index (κ3) is 2.82. The fourth-order valence-electron chi connectivity index (χ4n) is 2.72. The van der Waals surface area contributed by atoms with E-state index in [4.69, 9.17) is 4.52 Å². The number of aromatic nitrogens is 4. The second kappa shape index (κ2) is 5.66. The van der Waals surface area contributed by atoms with Crippen LogP contribution in [0.2, 0.25) is 0 Å². The molecule has 1 N–H and O–H groups in total. The number of aromatic amines is 1. The highest BCUT2D eigenvalue weighted by molar-refractivity contribution is 5.78. The molecule has 0 radical (unpaired) electrons. The molecule has 0 aliphatic carbocycles. The molecule has 0 bridgehead atoms. The van der Waals surface area contributed by atoms with Crippen molar-refractivity contribution in [2.45, 2.75) is 13.5 Å². The first-order valence-corrected chi connectivity index (χ1v) is 7.47. The van der Waals surface area contributed by atoms with Crippen LogP contribution < -0.4 is 5.69 Å². The van der Waals surface area contributed by atoms with Gasteiger partial charge in [0.05, 0.1) is 12.1 Å². The third-order valence-electron chi connectivity index (χ3n) is 3.82. The highest BCUT2D eigenvalue weighted by Gasteiger charge is 2.13. The number of nitrogens with one attached hydrogen (secondary N) is 1. The first-order valence-electron chi connectivity index (χ1n) is 7.47. The molecule has 3 heterocycles. The minimum absolute atomic E-state index is 0.193. The van der Waals surface area contributed by atoms with Gasteiger partial charge in [0.2, 0.25) is 0 Å². The number of benzene rings is 1. The predicted molar refractivity (Wildman–Crippen MR) is 86.0 cm³/mol. The Kier molecular flexibility index (Phi) is 3.45.